The summed E-state index contributed by atoms with van der Waals surface area (Å²) < 4.78 is 6.08. The highest BCUT2D eigenvalue weighted by molar-refractivity contribution is 5.89. The monoisotopic (exact) mass is 481 g/mol. The molecule has 0 saturated carbocycles. The lowest BCUT2D eigenvalue weighted by Crippen LogP contribution is -2.41. The normalized spacial score (nSPS) is 23.3. The van der Waals surface area contributed by atoms with Crippen LogP contribution in [-0.4, -0.2) is 29.5 Å². The molecule has 8 nitrogen and oxygen atoms in total. The van der Waals surface area contributed by atoms with Gasteiger partial charge in [0.2, 0.25) is 0 Å². The largest absolute Gasteiger partial charge is 0.399 e. The van der Waals surface area contributed by atoms with E-state index in [0.29, 0.717) is 31.7 Å². The first kappa shape index (κ1) is 24.2. The molecule has 0 aromatic heterocycles. The van der Waals surface area contributed by atoms with Crippen LogP contribution in [0.25, 0.3) is 11.1 Å². The number of anilines is 2. The third kappa shape index (κ3) is 3.74. The predicted octanol–water partition coefficient (Wildman–Crippen LogP) is 5.13. The van der Waals surface area contributed by atoms with Gasteiger partial charge in [0.1, 0.15) is 11.2 Å². The molecule has 3 N–H and O–H groups in total. The van der Waals surface area contributed by atoms with E-state index in [1.807, 2.05) is 33.8 Å². The number of hydrogen-bond acceptors (Lipinski definition) is 8. The number of aliphatic hydroxyl groups is 1. The molecule has 0 bridgehead atoms. The highest BCUT2D eigenvalue weighted by Crippen LogP contribution is 2.58. The second-order valence-electron chi connectivity index (χ2n) is 10.9. The summed E-state index contributed by atoms with van der Waals surface area (Å²) >= 11 is 0. The van der Waals surface area contributed by atoms with E-state index in [4.69, 9.17) is 20.1 Å². The minimum absolute atomic E-state index is 0.0872. The second kappa shape index (κ2) is 8.55. The maximum atomic E-state index is 11.0. The first-order valence-corrected chi connectivity index (χ1v) is 12.4. The summed E-state index contributed by atoms with van der Waals surface area (Å²) in [6.07, 6.45) is 2.73. The average Bonchev–Trinajstić information content (AvgIpc) is 3.09. The Balaban J connectivity index is 1.73. The Morgan fingerprint density at radius 1 is 0.943 bits per heavy atom. The number of aliphatic hydroxyl groups excluding tert-OH is 1. The van der Waals surface area contributed by atoms with Gasteiger partial charge in [0.05, 0.1) is 25.4 Å². The molecule has 5 rings (SSSR count). The van der Waals surface area contributed by atoms with E-state index >= 15 is 0 Å². The summed E-state index contributed by atoms with van der Waals surface area (Å²) in [6, 6.07) is 8.29. The van der Waals surface area contributed by atoms with Crippen molar-refractivity contribution < 1.29 is 19.5 Å². The number of nitrogens with zero attached hydrogens (tertiary/aromatic N) is 2. The zero-order valence-corrected chi connectivity index (χ0v) is 21.0. The van der Waals surface area contributed by atoms with Crippen LogP contribution < -0.4 is 11.0 Å². The molecule has 1 saturated heterocycles. The van der Waals surface area contributed by atoms with Gasteiger partial charge in [-0.05, 0) is 111 Å². The molecule has 188 valence electrons. The highest BCUT2D eigenvalue weighted by Gasteiger charge is 2.51. The molecule has 1 atom stereocenters. The molecule has 2 aliphatic heterocycles. The maximum Gasteiger partial charge on any atom is 0.124 e. The van der Waals surface area contributed by atoms with Crippen LogP contribution in [0.3, 0.4) is 0 Å². The zero-order chi connectivity index (χ0) is 25.0. The first-order chi connectivity index (χ1) is 16.6. The Hall–Kier alpha value is -2.52. The quantitative estimate of drug-likeness (QED) is 0.306. The molecular formula is C27H35N3O5. The van der Waals surface area contributed by atoms with Crippen molar-refractivity contribution in [3.05, 3.63) is 51.4 Å². The summed E-state index contributed by atoms with van der Waals surface area (Å²) in [5.74, 6) is 0. The van der Waals surface area contributed by atoms with Crippen LogP contribution in [0.4, 0.5) is 11.4 Å². The van der Waals surface area contributed by atoms with Gasteiger partial charge in [0.25, 0.3) is 0 Å². The van der Waals surface area contributed by atoms with Crippen molar-refractivity contribution >= 4 is 11.4 Å². The Kier molecular flexibility index (Phi) is 5.91. The van der Waals surface area contributed by atoms with Gasteiger partial charge >= 0.3 is 0 Å². The molecule has 1 aliphatic carbocycles. The standard InChI is InChI=1S/C27H35N3O5/c1-25(2)26(3,4)35-30(34-25)20-12-18-16-33-15-17-11-19(28)13-21-23(17)24(18)22(14-20)27(21,8-6-10-31)7-5-9-29-32/h11-14,31H,5-10,15-16,28H2,1-4H3. The van der Waals surface area contributed by atoms with Crippen LogP contribution in [0.15, 0.2) is 29.4 Å². The molecule has 1 fully saturated rings. The summed E-state index contributed by atoms with van der Waals surface area (Å²) in [6.45, 7) is 9.32. The third-order valence-corrected chi connectivity index (χ3v) is 8.14. The van der Waals surface area contributed by atoms with Gasteiger partial charge in [-0.15, -0.1) is 5.23 Å². The van der Waals surface area contributed by atoms with Gasteiger partial charge in [-0.2, -0.15) is 4.91 Å². The average molecular weight is 482 g/mol. The molecule has 35 heavy (non-hydrogen) atoms. The molecule has 1 unspecified atom stereocenters. The van der Waals surface area contributed by atoms with E-state index < -0.39 is 16.6 Å². The van der Waals surface area contributed by atoms with E-state index in [1.165, 1.54) is 16.4 Å². The van der Waals surface area contributed by atoms with Crippen molar-refractivity contribution in [2.45, 2.75) is 83.2 Å². The molecule has 8 heteroatoms. The SMILES string of the molecule is CC1(C)ON(c2cc3c4c(c2)C(CCCO)(CCCN=O)c2cc(N)cc(c2-4)COC3)OC1(C)C. The molecule has 2 aromatic rings. The number of benzene rings is 2. The highest BCUT2D eigenvalue weighted by atomic mass is 17.0. The molecule has 3 aliphatic rings. The molecular weight excluding hydrogens is 446 g/mol. The molecule has 0 radical (unpaired) electrons. The number of nitrogen functional groups attached to an aromatic ring is 1. The van der Waals surface area contributed by atoms with Crippen molar-refractivity contribution in [2.24, 2.45) is 5.18 Å². The van der Waals surface area contributed by atoms with Crippen molar-refractivity contribution in [3.63, 3.8) is 0 Å². The molecule has 0 spiro atoms. The Morgan fingerprint density at radius 2 is 1.54 bits per heavy atom. The van der Waals surface area contributed by atoms with Gasteiger partial charge in [-0.3, -0.25) is 0 Å². The van der Waals surface area contributed by atoms with E-state index in [0.717, 1.165) is 40.8 Å². The topological polar surface area (TPSA) is 107 Å². The number of hydrogen-bond donors (Lipinski definition) is 2. The summed E-state index contributed by atoms with van der Waals surface area (Å²) in [5.41, 5.74) is 13.2. The van der Waals surface area contributed by atoms with E-state index in [-0.39, 0.29) is 13.2 Å². The lowest BCUT2D eigenvalue weighted by molar-refractivity contribution is -0.0274. The van der Waals surface area contributed by atoms with Gasteiger partial charge in [0.15, 0.2) is 0 Å². The second-order valence-corrected chi connectivity index (χ2v) is 10.9. The summed E-state index contributed by atoms with van der Waals surface area (Å²) in [7, 11) is 0. The Bertz CT molecular complexity index is 1150. The van der Waals surface area contributed by atoms with Crippen LogP contribution in [-0.2, 0) is 33.0 Å². The van der Waals surface area contributed by atoms with Crippen molar-refractivity contribution in [3.8, 4) is 11.1 Å². The van der Waals surface area contributed by atoms with Crippen molar-refractivity contribution in [1.82, 2.24) is 0 Å². The number of rotatable bonds is 8. The van der Waals surface area contributed by atoms with Gasteiger partial charge in [-0.1, -0.05) is 5.18 Å². The lowest BCUT2D eigenvalue weighted by Gasteiger charge is -2.33. The fourth-order valence-corrected chi connectivity index (χ4v) is 5.75. The summed E-state index contributed by atoms with van der Waals surface area (Å²) in [4.78, 5) is 23.5. The summed E-state index contributed by atoms with van der Waals surface area (Å²) in [5, 5.41) is 14.5. The fraction of sp³-hybridized carbons (Fsp3) is 0.556. The predicted molar refractivity (Wildman–Crippen MR) is 135 cm³/mol. The van der Waals surface area contributed by atoms with Crippen molar-refractivity contribution in [1.29, 1.82) is 0 Å². The van der Waals surface area contributed by atoms with Gasteiger partial charge < -0.3 is 15.6 Å². The minimum Gasteiger partial charge on any atom is -0.399 e. The third-order valence-electron chi connectivity index (χ3n) is 8.14. The van der Waals surface area contributed by atoms with Gasteiger partial charge in [-0.25, -0.2) is 9.68 Å². The molecule has 2 aromatic carbocycles. The molecule has 0 amide bonds. The van der Waals surface area contributed by atoms with Crippen LogP contribution in [0.2, 0.25) is 0 Å². The van der Waals surface area contributed by atoms with Crippen molar-refractivity contribution in [2.75, 3.05) is 24.1 Å². The van der Waals surface area contributed by atoms with Crippen LogP contribution in [0.5, 0.6) is 0 Å². The van der Waals surface area contributed by atoms with E-state index in [1.54, 1.807) is 0 Å². The van der Waals surface area contributed by atoms with Crippen LogP contribution in [0, 0.1) is 4.91 Å². The minimum atomic E-state index is -0.523. The van der Waals surface area contributed by atoms with Crippen LogP contribution in [0.1, 0.15) is 75.6 Å². The van der Waals surface area contributed by atoms with Gasteiger partial charge in [0, 0.05) is 17.7 Å². The Labute approximate surface area is 206 Å². The van der Waals surface area contributed by atoms with Crippen LogP contribution >= 0.6 is 0 Å². The Morgan fingerprint density at radius 3 is 2.17 bits per heavy atom. The first-order valence-electron chi connectivity index (χ1n) is 12.4. The molecule has 2 heterocycles. The smallest absolute Gasteiger partial charge is 0.124 e. The number of nitrogens with two attached hydrogens (primary N) is 1. The zero-order valence-electron chi connectivity index (χ0n) is 21.0. The maximum absolute atomic E-state index is 11.0. The lowest BCUT2D eigenvalue weighted by atomic mass is 9.71. The number of ether oxygens (including phenoxy) is 1. The fourth-order valence-electron chi connectivity index (χ4n) is 5.75. The number of nitroso groups, excluding NO2 is 1. The van der Waals surface area contributed by atoms with E-state index in [2.05, 4.69) is 23.4 Å². The van der Waals surface area contributed by atoms with E-state index in [9.17, 15) is 10.0 Å².